The Balaban J connectivity index is 2.28. The van der Waals surface area contributed by atoms with Crippen LogP contribution in [0.1, 0.15) is 28.5 Å². The second kappa shape index (κ2) is 8.29. The summed E-state index contributed by atoms with van der Waals surface area (Å²) in [6.45, 7) is 1.85. The van der Waals surface area contributed by atoms with Crippen LogP contribution in [0, 0.1) is 6.92 Å². The maximum atomic E-state index is 9.50. The molecule has 2 rings (SSSR count). The van der Waals surface area contributed by atoms with Crippen molar-refractivity contribution in [3.8, 4) is 0 Å². The predicted molar refractivity (Wildman–Crippen MR) is 89.6 cm³/mol. The lowest BCUT2D eigenvalue weighted by Crippen LogP contribution is -2.26. The molecule has 0 amide bonds. The van der Waals surface area contributed by atoms with Gasteiger partial charge in [-0.1, -0.05) is 48.2 Å². The molecule has 0 unspecified atom stereocenters. The highest BCUT2D eigenvalue weighted by Crippen LogP contribution is 2.39. The van der Waals surface area contributed by atoms with E-state index in [0.29, 0.717) is 6.42 Å². The van der Waals surface area contributed by atoms with Crippen molar-refractivity contribution in [3.63, 3.8) is 0 Å². The fourth-order valence-corrected chi connectivity index (χ4v) is 3.58. The molecular formula is C17H22N2O2S. The van der Waals surface area contributed by atoms with Crippen molar-refractivity contribution in [1.82, 2.24) is 4.98 Å². The van der Waals surface area contributed by atoms with E-state index in [-0.39, 0.29) is 24.5 Å². The van der Waals surface area contributed by atoms with Crippen LogP contribution in [-0.4, -0.2) is 27.8 Å². The Morgan fingerprint density at radius 2 is 1.86 bits per heavy atom. The van der Waals surface area contributed by atoms with Crippen molar-refractivity contribution < 1.29 is 10.2 Å². The van der Waals surface area contributed by atoms with Crippen molar-refractivity contribution >= 4 is 11.8 Å². The fourth-order valence-electron chi connectivity index (χ4n) is 2.19. The number of thioether (sulfide) groups is 1. The van der Waals surface area contributed by atoms with Crippen molar-refractivity contribution in [2.24, 2.45) is 5.73 Å². The second-order valence-corrected chi connectivity index (χ2v) is 6.46. The molecule has 2 atom stereocenters. The molecule has 0 radical (unpaired) electrons. The number of aliphatic hydroxyl groups is 2. The van der Waals surface area contributed by atoms with Gasteiger partial charge in [-0.25, -0.2) is 4.98 Å². The highest BCUT2D eigenvalue weighted by atomic mass is 32.2. The molecule has 0 aliphatic carbocycles. The van der Waals surface area contributed by atoms with E-state index in [1.54, 1.807) is 11.8 Å². The maximum absolute atomic E-state index is 9.50. The van der Waals surface area contributed by atoms with E-state index >= 15 is 0 Å². The molecule has 118 valence electrons. The molecule has 1 aromatic heterocycles. The molecule has 2 aromatic rings. The van der Waals surface area contributed by atoms with Crippen LogP contribution >= 0.6 is 11.8 Å². The van der Waals surface area contributed by atoms with Crippen LogP contribution in [0.15, 0.2) is 47.5 Å². The molecule has 0 saturated carbocycles. The van der Waals surface area contributed by atoms with Crippen LogP contribution in [0.5, 0.6) is 0 Å². The van der Waals surface area contributed by atoms with Gasteiger partial charge >= 0.3 is 0 Å². The quantitative estimate of drug-likeness (QED) is 0.683. The summed E-state index contributed by atoms with van der Waals surface area (Å²) in [6.07, 6.45) is 0.645. The number of hydrogen-bond acceptors (Lipinski definition) is 5. The van der Waals surface area contributed by atoms with Crippen LogP contribution in [0.3, 0.4) is 0 Å². The first-order chi connectivity index (χ1) is 10.6. The minimum atomic E-state index is -0.278. The lowest BCUT2D eigenvalue weighted by molar-refractivity contribution is 0.259. The Labute approximate surface area is 135 Å². The third-order valence-corrected chi connectivity index (χ3v) is 4.75. The SMILES string of the molecule is Cc1ccc(CO)c(S[C@H](C[C@H](N)CO)c2ccccc2)n1. The van der Waals surface area contributed by atoms with E-state index in [2.05, 4.69) is 17.1 Å². The van der Waals surface area contributed by atoms with Crippen molar-refractivity contribution in [2.75, 3.05) is 6.61 Å². The van der Waals surface area contributed by atoms with Gasteiger partial charge in [0.1, 0.15) is 5.03 Å². The number of aliphatic hydroxyl groups excluding tert-OH is 2. The average molecular weight is 318 g/mol. The molecule has 0 fully saturated rings. The smallest absolute Gasteiger partial charge is 0.102 e. The van der Waals surface area contributed by atoms with Gasteiger partial charge in [-0.05, 0) is 25.0 Å². The number of rotatable bonds is 7. The van der Waals surface area contributed by atoms with Crippen LogP contribution < -0.4 is 5.73 Å². The van der Waals surface area contributed by atoms with Crippen molar-refractivity contribution in [3.05, 3.63) is 59.3 Å². The summed E-state index contributed by atoms with van der Waals surface area (Å²) in [7, 11) is 0. The third kappa shape index (κ3) is 4.55. The lowest BCUT2D eigenvalue weighted by atomic mass is 10.1. The molecule has 0 bridgehead atoms. The normalized spacial score (nSPS) is 13.8. The Hall–Kier alpha value is -1.40. The van der Waals surface area contributed by atoms with Gasteiger partial charge in [0.15, 0.2) is 0 Å². The summed E-state index contributed by atoms with van der Waals surface area (Å²) in [5, 5.41) is 19.7. The van der Waals surface area contributed by atoms with Crippen molar-refractivity contribution in [1.29, 1.82) is 0 Å². The number of hydrogen-bond donors (Lipinski definition) is 3. The van der Waals surface area contributed by atoms with Crippen LogP contribution in [0.4, 0.5) is 0 Å². The molecule has 4 nitrogen and oxygen atoms in total. The van der Waals surface area contributed by atoms with Gasteiger partial charge in [0, 0.05) is 22.5 Å². The highest BCUT2D eigenvalue weighted by molar-refractivity contribution is 7.99. The standard InChI is InChI=1S/C17H22N2O2S/c1-12-7-8-14(10-20)17(19-12)22-16(9-15(18)11-21)13-5-3-2-4-6-13/h2-8,15-16,20-21H,9-11,18H2,1H3/t15-,16+/m0/s1. The van der Waals surface area contributed by atoms with Crippen LogP contribution in [0.2, 0.25) is 0 Å². The third-order valence-electron chi connectivity index (χ3n) is 3.43. The molecule has 4 N–H and O–H groups in total. The maximum Gasteiger partial charge on any atom is 0.102 e. The summed E-state index contributed by atoms with van der Waals surface area (Å²) >= 11 is 1.59. The number of nitrogens with two attached hydrogens (primary N) is 1. The number of pyridine rings is 1. The molecule has 0 aliphatic heterocycles. The zero-order chi connectivity index (χ0) is 15.9. The minimum Gasteiger partial charge on any atom is -0.395 e. The van der Waals surface area contributed by atoms with E-state index in [0.717, 1.165) is 21.8 Å². The number of aryl methyl sites for hydroxylation is 1. The number of benzene rings is 1. The molecule has 5 heteroatoms. The number of aromatic nitrogens is 1. The Bertz CT molecular complexity index is 592. The van der Waals surface area contributed by atoms with Gasteiger partial charge in [-0.2, -0.15) is 0 Å². The molecule has 22 heavy (non-hydrogen) atoms. The summed E-state index contributed by atoms with van der Waals surface area (Å²) < 4.78 is 0. The van der Waals surface area contributed by atoms with Gasteiger partial charge in [0.2, 0.25) is 0 Å². The van der Waals surface area contributed by atoms with Gasteiger partial charge in [0.05, 0.1) is 13.2 Å². The first kappa shape index (κ1) is 17.0. The fraction of sp³-hybridized carbons (Fsp3) is 0.353. The van der Waals surface area contributed by atoms with E-state index in [1.165, 1.54) is 0 Å². The zero-order valence-corrected chi connectivity index (χ0v) is 13.5. The number of nitrogens with zero attached hydrogens (tertiary/aromatic N) is 1. The van der Waals surface area contributed by atoms with Gasteiger partial charge in [-0.3, -0.25) is 0 Å². The highest BCUT2D eigenvalue weighted by Gasteiger charge is 2.19. The zero-order valence-electron chi connectivity index (χ0n) is 12.6. The summed E-state index contributed by atoms with van der Waals surface area (Å²) in [4.78, 5) is 4.54. The topological polar surface area (TPSA) is 79.4 Å². The molecule has 0 aliphatic rings. The molecule has 0 saturated heterocycles. The van der Waals surface area contributed by atoms with Gasteiger partial charge < -0.3 is 15.9 Å². The summed E-state index contributed by atoms with van der Waals surface area (Å²) in [5.74, 6) is 0. The summed E-state index contributed by atoms with van der Waals surface area (Å²) in [5.41, 5.74) is 8.80. The minimum absolute atomic E-state index is 0.0385. The second-order valence-electron chi connectivity index (χ2n) is 5.27. The Kier molecular flexibility index (Phi) is 6.39. The Morgan fingerprint density at radius 1 is 1.14 bits per heavy atom. The predicted octanol–water partition coefficient (Wildman–Crippen LogP) is 2.43. The molecule has 0 spiro atoms. The molecule has 1 aromatic carbocycles. The Morgan fingerprint density at radius 3 is 2.50 bits per heavy atom. The van der Waals surface area contributed by atoms with Crippen LogP contribution in [0.25, 0.3) is 0 Å². The van der Waals surface area contributed by atoms with Gasteiger partial charge in [0.25, 0.3) is 0 Å². The van der Waals surface area contributed by atoms with E-state index in [4.69, 9.17) is 5.73 Å². The van der Waals surface area contributed by atoms with Crippen LogP contribution in [-0.2, 0) is 6.61 Å². The lowest BCUT2D eigenvalue weighted by Gasteiger charge is -2.21. The largest absolute Gasteiger partial charge is 0.395 e. The van der Waals surface area contributed by atoms with E-state index < -0.39 is 0 Å². The first-order valence-corrected chi connectivity index (χ1v) is 8.17. The van der Waals surface area contributed by atoms with Gasteiger partial charge in [-0.15, -0.1) is 0 Å². The van der Waals surface area contributed by atoms with Crippen molar-refractivity contribution in [2.45, 2.75) is 36.3 Å². The first-order valence-electron chi connectivity index (χ1n) is 7.29. The monoisotopic (exact) mass is 318 g/mol. The molecular weight excluding hydrogens is 296 g/mol. The van der Waals surface area contributed by atoms with E-state index in [1.807, 2.05) is 37.3 Å². The summed E-state index contributed by atoms with van der Waals surface area (Å²) in [6, 6.07) is 13.6. The van der Waals surface area contributed by atoms with E-state index in [9.17, 15) is 10.2 Å². The molecule has 1 heterocycles. The average Bonchev–Trinajstić information content (AvgIpc) is 2.55.